The van der Waals surface area contributed by atoms with Crippen LogP contribution >= 0.6 is 0 Å². The Morgan fingerprint density at radius 3 is 1.84 bits per heavy atom. The lowest BCUT2D eigenvalue weighted by molar-refractivity contribution is -0.0813. The van der Waals surface area contributed by atoms with E-state index < -0.39 is 24.4 Å². The van der Waals surface area contributed by atoms with Crippen molar-refractivity contribution in [2.45, 2.75) is 134 Å². The molecule has 1 saturated heterocycles. The Labute approximate surface area is 191 Å². The van der Waals surface area contributed by atoms with E-state index in [4.69, 9.17) is 9.47 Å². The maximum Gasteiger partial charge on any atom is 0.114 e. The summed E-state index contributed by atoms with van der Waals surface area (Å²) in [5.74, 6) is 0. The largest absolute Gasteiger partial charge is 0.388 e. The summed E-state index contributed by atoms with van der Waals surface area (Å²) < 4.78 is 10.7. The summed E-state index contributed by atoms with van der Waals surface area (Å²) in [5.41, 5.74) is 0. The number of ether oxygens (including phenoxy) is 2. The van der Waals surface area contributed by atoms with Gasteiger partial charge in [-0.25, -0.2) is 0 Å². The Balaban J connectivity index is 1.75. The third-order valence-electron chi connectivity index (χ3n) is 6.16. The van der Waals surface area contributed by atoms with Gasteiger partial charge < -0.3 is 24.8 Å². The van der Waals surface area contributed by atoms with E-state index in [2.05, 4.69) is 19.1 Å². The Kier molecular flexibility index (Phi) is 18.6. The minimum absolute atomic E-state index is 0.0686. The van der Waals surface area contributed by atoms with Crippen LogP contribution in [0, 0.1) is 0 Å². The summed E-state index contributed by atoms with van der Waals surface area (Å²) in [5, 5.41) is 29.1. The lowest BCUT2D eigenvalue weighted by Crippen LogP contribution is -2.40. The normalized spacial score (nSPS) is 22.5. The van der Waals surface area contributed by atoms with Gasteiger partial charge in [-0.1, -0.05) is 89.7 Å². The lowest BCUT2D eigenvalue weighted by atomic mass is 10.1. The van der Waals surface area contributed by atoms with Crippen molar-refractivity contribution in [3.63, 3.8) is 0 Å². The van der Waals surface area contributed by atoms with Gasteiger partial charge in [-0.05, 0) is 32.1 Å². The van der Waals surface area contributed by atoms with Gasteiger partial charge in [-0.2, -0.15) is 0 Å². The first-order chi connectivity index (χ1) is 15.2. The van der Waals surface area contributed by atoms with E-state index in [1.165, 1.54) is 89.9 Å². The number of unbranched alkanes of at least 4 members (excludes halogenated alkanes) is 14. The van der Waals surface area contributed by atoms with E-state index in [1.807, 2.05) is 0 Å². The van der Waals surface area contributed by atoms with Crippen molar-refractivity contribution < 1.29 is 24.8 Å². The summed E-state index contributed by atoms with van der Waals surface area (Å²) in [7, 11) is 0. The van der Waals surface area contributed by atoms with E-state index in [9.17, 15) is 15.3 Å². The quantitative estimate of drug-likeness (QED) is 0.166. The molecular weight excluding hydrogens is 392 g/mol. The molecule has 4 atom stereocenters. The summed E-state index contributed by atoms with van der Waals surface area (Å²) >= 11 is 0. The summed E-state index contributed by atoms with van der Waals surface area (Å²) in [6.45, 7) is 3.10. The average molecular weight is 443 g/mol. The number of hydrogen-bond acceptors (Lipinski definition) is 5. The molecule has 3 N–H and O–H groups in total. The molecule has 5 heteroatoms. The Bertz CT molecular complexity index is 415. The fourth-order valence-corrected chi connectivity index (χ4v) is 4.07. The monoisotopic (exact) mass is 442 g/mol. The van der Waals surface area contributed by atoms with Crippen LogP contribution in [0.25, 0.3) is 0 Å². The van der Waals surface area contributed by atoms with Crippen LogP contribution in [0.4, 0.5) is 0 Å². The van der Waals surface area contributed by atoms with Crippen molar-refractivity contribution in [3.05, 3.63) is 12.2 Å². The van der Waals surface area contributed by atoms with Gasteiger partial charge in [0.1, 0.15) is 24.4 Å². The van der Waals surface area contributed by atoms with E-state index in [0.717, 1.165) is 12.8 Å². The van der Waals surface area contributed by atoms with Gasteiger partial charge in [0.15, 0.2) is 0 Å². The molecule has 1 fully saturated rings. The predicted molar refractivity (Wildman–Crippen MR) is 127 cm³/mol. The van der Waals surface area contributed by atoms with Crippen molar-refractivity contribution in [1.29, 1.82) is 0 Å². The average Bonchev–Trinajstić information content (AvgIpc) is 3.10. The molecule has 5 nitrogen and oxygen atoms in total. The van der Waals surface area contributed by atoms with Crippen molar-refractivity contribution in [1.82, 2.24) is 0 Å². The van der Waals surface area contributed by atoms with Gasteiger partial charge in [-0.15, -0.1) is 0 Å². The number of hydrogen-bond donors (Lipinski definition) is 3. The molecule has 1 aliphatic rings. The highest BCUT2D eigenvalue weighted by Gasteiger charge is 2.39. The third-order valence-corrected chi connectivity index (χ3v) is 6.16. The van der Waals surface area contributed by atoms with Crippen LogP contribution in [-0.2, 0) is 9.47 Å². The molecule has 1 rings (SSSR count). The minimum Gasteiger partial charge on any atom is -0.388 e. The SMILES string of the molecule is CCCCCCC/C=C/CCCCCCCCCCCOC[C@H](O)[C@H]1OC[C@@H](O)[C@H]1O. The predicted octanol–water partition coefficient (Wildman–Crippen LogP) is 5.30. The van der Waals surface area contributed by atoms with Gasteiger partial charge in [0.2, 0.25) is 0 Å². The van der Waals surface area contributed by atoms with Crippen LogP contribution in [-0.4, -0.2) is 59.6 Å². The number of rotatable bonds is 21. The van der Waals surface area contributed by atoms with Gasteiger partial charge in [0, 0.05) is 6.61 Å². The maximum absolute atomic E-state index is 9.96. The number of aliphatic hydroxyl groups is 3. The highest BCUT2D eigenvalue weighted by atomic mass is 16.5. The summed E-state index contributed by atoms with van der Waals surface area (Å²) in [6.07, 6.45) is 22.0. The first kappa shape index (κ1) is 28.6. The fourth-order valence-electron chi connectivity index (χ4n) is 4.07. The van der Waals surface area contributed by atoms with Gasteiger partial charge >= 0.3 is 0 Å². The van der Waals surface area contributed by atoms with Crippen molar-refractivity contribution in [2.75, 3.05) is 19.8 Å². The van der Waals surface area contributed by atoms with Crippen molar-refractivity contribution >= 4 is 0 Å². The minimum atomic E-state index is -1.03. The molecule has 0 radical (unpaired) electrons. The second kappa shape index (κ2) is 20.2. The first-order valence-electron chi connectivity index (χ1n) is 13.0. The summed E-state index contributed by atoms with van der Waals surface area (Å²) in [6, 6.07) is 0. The second-order valence-electron chi connectivity index (χ2n) is 9.14. The third kappa shape index (κ3) is 15.1. The smallest absolute Gasteiger partial charge is 0.114 e. The van der Waals surface area contributed by atoms with Crippen LogP contribution in [0.3, 0.4) is 0 Å². The lowest BCUT2D eigenvalue weighted by Gasteiger charge is -2.20. The topological polar surface area (TPSA) is 79.2 Å². The molecule has 0 bridgehead atoms. The molecule has 0 saturated carbocycles. The molecule has 0 unspecified atom stereocenters. The Hall–Kier alpha value is -0.460. The van der Waals surface area contributed by atoms with E-state index in [-0.39, 0.29) is 13.2 Å². The molecular formula is C26H50O5. The second-order valence-corrected chi connectivity index (χ2v) is 9.14. The Morgan fingerprint density at radius 1 is 0.806 bits per heavy atom. The number of aliphatic hydroxyl groups excluding tert-OH is 3. The molecule has 0 spiro atoms. The van der Waals surface area contributed by atoms with Crippen molar-refractivity contribution in [2.24, 2.45) is 0 Å². The Morgan fingerprint density at radius 2 is 1.32 bits per heavy atom. The van der Waals surface area contributed by atoms with Gasteiger partial charge in [0.25, 0.3) is 0 Å². The fraction of sp³-hybridized carbons (Fsp3) is 0.923. The molecule has 0 aromatic rings. The molecule has 1 heterocycles. The van der Waals surface area contributed by atoms with E-state index in [1.54, 1.807) is 0 Å². The zero-order valence-corrected chi connectivity index (χ0v) is 20.1. The zero-order chi connectivity index (χ0) is 22.6. The van der Waals surface area contributed by atoms with Crippen LogP contribution < -0.4 is 0 Å². The molecule has 0 amide bonds. The molecule has 31 heavy (non-hydrogen) atoms. The zero-order valence-electron chi connectivity index (χ0n) is 20.1. The van der Waals surface area contributed by atoms with Crippen LogP contribution in [0.15, 0.2) is 12.2 Å². The van der Waals surface area contributed by atoms with Crippen molar-refractivity contribution in [3.8, 4) is 0 Å². The molecule has 0 aromatic heterocycles. The van der Waals surface area contributed by atoms with E-state index >= 15 is 0 Å². The van der Waals surface area contributed by atoms with E-state index in [0.29, 0.717) is 6.61 Å². The summed E-state index contributed by atoms with van der Waals surface area (Å²) in [4.78, 5) is 0. The van der Waals surface area contributed by atoms with Crippen LogP contribution in [0.1, 0.15) is 110 Å². The highest BCUT2D eigenvalue weighted by molar-refractivity contribution is 4.87. The van der Waals surface area contributed by atoms with Crippen LogP contribution in [0.2, 0.25) is 0 Å². The first-order valence-corrected chi connectivity index (χ1v) is 13.0. The molecule has 1 aliphatic heterocycles. The highest BCUT2D eigenvalue weighted by Crippen LogP contribution is 2.18. The maximum atomic E-state index is 9.96. The number of allylic oxidation sites excluding steroid dienone is 2. The van der Waals surface area contributed by atoms with Gasteiger partial charge in [-0.3, -0.25) is 0 Å². The molecule has 0 aliphatic carbocycles. The van der Waals surface area contributed by atoms with Crippen LogP contribution in [0.5, 0.6) is 0 Å². The molecule has 184 valence electrons. The molecule has 0 aromatic carbocycles. The standard InChI is InChI=1S/C26H50O5/c1-2-3-4-5-6-7-8-9-10-11-12-13-14-15-16-17-18-19-20-30-21-24(28)26-25(29)23(27)22-31-26/h8-9,23-29H,2-7,10-22H2,1H3/b9-8+/t23-,24+,25-,26-/m1/s1. The van der Waals surface area contributed by atoms with Gasteiger partial charge in [0.05, 0.1) is 13.2 Å².